The van der Waals surface area contributed by atoms with Crippen LogP contribution in [0.1, 0.15) is 25.0 Å². The molecule has 1 N–H and O–H groups in total. The molecule has 3 heterocycles. The van der Waals surface area contributed by atoms with Gasteiger partial charge in [-0.05, 0) is 37.6 Å². The van der Waals surface area contributed by atoms with Crippen LogP contribution in [0.25, 0.3) is 0 Å². The van der Waals surface area contributed by atoms with Crippen LogP contribution in [-0.4, -0.2) is 39.6 Å². The number of imide groups is 1. The molecule has 1 fully saturated rings. The minimum atomic E-state index is -5.10. The van der Waals surface area contributed by atoms with E-state index in [2.05, 4.69) is 15.0 Å². The Morgan fingerprint density at radius 1 is 1.19 bits per heavy atom. The highest BCUT2D eigenvalue weighted by Crippen LogP contribution is 2.36. The summed E-state index contributed by atoms with van der Waals surface area (Å²) < 4.78 is 54.9. The smallest absolute Gasteiger partial charge is 0.403 e. The minimum absolute atomic E-state index is 0.0361. The zero-order valence-electron chi connectivity index (χ0n) is 16.8. The van der Waals surface area contributed by atoms with Gasteiger partial charge in [0.25, 0.3) is 5.91 Å². The number of nitrogens with one attached hydrogen (secondary N) is 1. The van der Waals surface area contributed by atoms with Gasteiger partial charge < -0.3 is 15.0 Å². The second kappa shape index (κ2) is 7.18. The molecule has 1 saturated heterocycles. The largest absolute Gasteiger partial charge is 0.573 e. The molecular formula is C20H16F4N4O4. The Hall–Kier alpha value is -3.70. The van der Waals surface area contributed by atoms with E-state index in [1.807, 2.05) is 0 Å². The molecule has 12 heteroatoms. The van der Waals surface area contributed by atoms with Gasteiger partial charge in [-0.3, -0.25) is 9.59 Å². The first-order valence-corrected chi connectivity index (χ1v) is 9.36. The van der Waals surface area contributed by atoms with Gasteiger partial charge >= 0.3 is 12.4 Å². The molecule has 168 valence electrons. The molecule has 0 unspecified atom stereocenters. The topological polar surface area (TPSA) is 91.8 Å². The Morgan fingerprint density at radius 2 is 1.91 bits per heavy atom. The van der Waals surface area contributed by atoms with E-state index in [0.717, 1.165) is 6.07 Å². The van der Waals surface area contributed by atoms with E-state index >= 15 is 0 Å². The Bertz CT molecular complexity index is 1150. The summed E-state index contributed by atoms with van der Waals surface area (Å²) in [6.45, 7) is 2.96. The third kappa shape index (κ3) is 3.61. The number of rotatable bonds is 4. The van der Waals surface area contributed by atoms with Crippen LogP contribution in [0.4, 0.5) is 33.9 Å². The fourth-order valence-corrected chi connectivity index (χ4v) is 3.66. The van der Waals surface area contributed by atoms with Gasteiger partial charge in [0, 0.05) is 24.4 Å². The number of hydrogen-bond acceptors (Lipinski definition) is 5. The quantitative estimate of drug-likeness (QED) is 0.568. The number of nitrogens with zero attached hydrogens (tertiary/aromatic N) is 3. The van der Waals surface area contributed by atoms with E-state index in [-0.39, 0.29) is 24.6 Å². The molecule has 32 heavy (non-hydrogen) atoms. The normalized spacial score (nSPS) is 17.6. The number of alkyl halides is 3. The molecule has 2 aliphatic rings. The predicted molar refractivity (Wildman–Crippen MR) is 102 cm³/mol. The molecule has 2 aliphatic heterocycles. The summed E-state index contributed by atoms with van der Waals surface area (Å²) in [6.07, 6.45) is -3.56. The summed E-state index contributed by atoms with van der Waals surface area (Å²) in [7, 11) is 0. The van der Waals surface area contributed by atoms with E-state index in [0.29, 0.717) is 34.0 Å². The molecule has 1 aromatic carbocycles. The molecule has 0 spiro atoms. The second-order valence-electron chi connectivity index (χ2n) is 7.75. The molecule has 1 aromatic heterocycles. The van der Waals surface area contributed by atoms with Gasteiger partial charge in [-0.2, -0.15) is 0 Å². The number of hydrogen-bond donors (Lipinski definition) is 1. The molecular weight excluding hydrogens is 436 g/mol. The highest BCUT2D eigenvalue weighted by molar-refractivity contribution is 6.23. The SMILES string of the molecule is CC1(C)C(=O)N(c2ccc(OC(F)(F)F)c(F)c2)C(=O)N1Cc1ccnc2c1CC(=O)N2. The van der Waals surface area contributed by atoms with Crippen LogP contribution < -0.4 is 15.0 Å². The lowest BCUT2D eigenvalue weighted by Crippen LogP contribution is -2.43. The lowest BCUT2D eigenvalue weighted by Gasteiger charge is -2.28. The average Bonchev–Trinajstić information content (AvgIpc) is 3.14. The Kier molecular flexibility index (Phi) is 4.83. The van der Waals surface area contributed by atoms with Gasteiger partial charge in [-0.25, -0.2) is 19.1 Å². The van der Waals surface area contributed by atoms with Crippen molar-refractivity contribution < 1.29 is 36.7 Å². The maximum absolute atomic E-state index is 14.2. The van der Waals surface area contributed by atoms with E-state index in [1.165, 1.54) is 24.9 Å². The molecule has 0 radical (unpaired) electrons. The zero-order valence-corrected chi connectivity index (χ0v) is 16.8. The van der Waals surface area contributed by atoms with Crippen LogP contribution in [0.5, 0.6) is 5.75 Å². The highest BCUT2D eigenvalue weighted by atomic mass is 19.4. The first-order valence-electron chi connectivity index (χ1n) is 9.36. The minimum Gasteiger partial charge on any atom is -0.403 e. The van der Waals surface area contributed by atoms with Gasteiger partial charge in [0.2, 0.25) is 5.91 Å². The maximum atomic E-state index is 14.2. The van der Waals surface area contributed by atoms with Gasteiger partial charge in [0.15, 0.2) is 11.6 Å². The molecule has 2 aromatic rings. The number of urea groups is 1. The maximum Gasteiger partial charge on any atom is 0.573 e. The van der Waals surface area contributed by atoms with Crippen molar-refractivity contribution in [3.63, 3.8) is 0 Å². The molecule has 0 bridgehead atoms. The van der Waals surface area contributed by atoms with Crippen molar-refractivity contribution in [1.29, 1.82) is 0 Å². The number of carbonyl (C=O) groups is 3. The number of halogens is 4. The van der Waals surface area contributed by atoms with E-state index < -0.39 is 35.4 Å². The van der Waals surface area contributed by atoms with Crippen LogP contribution in [0.2, 0.25) is 0 Å². The lowest BCUT2D eigenvalue weighted by molar-refractivity contribution is -0.275. The van der Waals surface area contributed by atoms with Gasteiger partial charge in [0.05, 0.1) is 12.1 Å². The zero-order chi connectivity index (χ0) is 23.4. The molecule has 0 saturated carbocycles. The summed E-state index contributed by atoms with van der Waals surface area (Å²) in [4.78, 5) is 43.8. The Morgan fingerprint density at radius 3 is 2.56 bits per heavy atom. The van der Waals surface area contributed by atoms with Crippen molar-refractivity contribution >= 4 is 29.4 Å². The van der Waals surface area contributed by atoms with Gasteiger partial charge in [-0.1, -0.05) is 0 Å². The molecule has 4 amide bonds. The Labute approximate surface area is 178 Å². The van der Waals surface area contributed by atoms with E-state index in [9.17, 15) is 31.9 Å². The van der Waals surface area contributed by atoms with Crippen molar-refractivity contribution in [1.82, 2.24) is 9.88 Å². The van der Waals surface area contributed by atoms with Crippen molar-refractivity contribution in [2.24, 2.45) is 0 Å². The van der Waals surface area contributed by atoms with E-state index in [1.54, 1.807) is 6.07 Å². The number of ether oxygens (including phenoxy) is 1. The number of pyridine rings is 1. The summed E-state index contributed by atoms with van der Waals surface area (Å²) in [5, 5.41) is 2.60. The third-order valence-corrected chi connectivity index (χ3v) is 5.30. The molecule has 8 nitrogen and oxygen atoms in total. The highest BCUT2D eigenvalue weighted by Gasteiger charge is 2.52. The molecule has 0 aliphatic carbocycles. The monoisotopic (exact) mass is 452 g/mol. The summed E-state index contributed by atoms with van der Waals surface area (Å²) >= 11 is 0. The van der Waals surface area contributed by atoms with Crippen molar-refractivity contribution in [2.45, 2.75) is 38.7 Å². The number of fused-ring (bicyclic) bond motifs is 1. The third-order valence-electron chi connectivity index (χ3n) is 5.30. The Balaban J connectivity index is 1.64. The van der Waals surface area contributed by atoms with Crippen LogP contribution in [0.3, 0.4) is 0 Å². The summed E-state index contributed by atoms with van der Waals surface area (Å²) in [5.41, 5.74) is -0.378. The van der Waals surface area contributed by atoms with Crippen LogP contribution in [-0.2, 0) is 22.6 Å². The molecule has 0 atom stereocenters. The lowest BCUT2D eigenvalue weighted by atomic mass is 10.0. The first-order chi connectivity index (χ1) is 14.9. The predicted octanol–water partition coefficient (Wildman–Crippen LogP) is 3.36. The standard InChI is InChI=1S/C20H16F4N4O4/c1-19(2)17(30)28(11-3-4-14(13(21)7-11)32-20(22,23)24)18(31)27(19)9-10-5-6-25-16-12(10)8-15(29)26-16/h3-7H,8-9H2,1-2H3,(H,25,26,29). The number of benzene rings is 1. The average molecular weight is 452 g/mol. The van der Waals surface area contributed by atoms with E-state index in [4.69, 9.17) is 0 Å². The van der Waals surface area contributed by atoms with Gasteiger partial charge in [-0.15, -0.1) is 13.2 Å². The molecule has 4 rings (SSSR count). The number of aromatic nitrogens is 1. The summed E-state index contributed by atoms with van der Waals surface area (Å²) in [5.74, 6) is -3.02. The van der Waals surface area contributed by atoms with Crippen molar-refractivity contribution in [3.8, 4) is 5.75 Å². The second-order valence-corrected chi connectivity index (χ2v) is 7.75. The van der Waals surface area contributed by atoms with Crippen LogP contribution in [0.15, 0.2) is 30.5 Å². The van der Waals surface area contributed by atoms with Crippen molar-refractivity contribution in [2.75, 3.05) is 10.2 Å². The van der Waals surface area contributed by atoms with Crippen LogP contribution >= 0.6 is 0 Å². The summed E-state index contributed by atoms with van der Waals surface area (Å²) in [6, 6.07) is 3.15. The fraction of sp³-hybridized carbons (Fsp3) is 0.300. The van der Waals surface area contributed by atoms with Gasteiger partial charge in [0.1, 0.15) is 11.4 Å². The first kappa shape index (κ1) is 21.5. The van der Waals surface area contributed by atoms with Crippen molar-refractivity contribution in [3.05, 3.63) is 47.4 Å². The number of anilines is 2. The number of carbonyl (C=O) groups excluding carboxylic acids is 3. The fourth-order valence-electron chi connectivity index (χ4n) is 3.66. The van der Waals surface area contributed by atoms with Crippen LogP contribution in [0, 0.1) is 5.82 Å². The number of amides is 4.